The average Bonchev–Trinajstić information content (AvgIpc) is 2.98. The van der Waals surface area contributed by atoms with Crippen LogP contribution in [0.3, 0.4) is 0 Å². The lowest BCUT2D eigenvalue weighted by Gasteiger charge is -2.29. The van der Waals surface area contributed by atoms with Crippen molar-refractivity contribution in [2.45, 2.75) is 64.5 Å². The Bertz CT molecular complexity index is 1490. The van der Waals surface area contributed by atoms with Gasteiger partial charge in [0.05, 0.1) is 16.8 Å². The number of fused-ring (bicyclic) bond motifs is 1. The smallest absolute Gasteiger partial charge is 0.329 e. The van der Waals surface area contributed by atoms with Crippen LogP contribution in [0.25, 0.3) is 10.9 Å². The molecule has 0 saturated heterocycles. The fourth-order valence-electron chi connectivity index (χ4n) is 5.52. The van der Waals surface area contributed by atoms with Crippen molar-refractivity contribution in [3.8, 4) is 0 Å². The fourth-order valence-corrected chi connectivity index (χ4v) is 5.52. The lowest BCUT2D eigenvalue weighted by atomic mass is 9.82. The van der Waals surface area contributed by atoms with Gasteiger partial charge in [-0.25, -0.2) is 9.36 Å². The Hall–Kier alpha value is -4.21. The van der Waals surface area contributed by atoms with Crippen LogP contribution >= 0.6 is 0 Å². The number of hydrogen-bond donors (Lipinski definition) is 4. The molecular weight excluding hydrogens is 524 g/mol. The molecule has 3 atom stereocenters. The summed E-state index contributed by atoms with van der Waals surface area (Å²) in [5, 5.41) is 15.3. The summed E-state index contributed by atoms with van der Waals surface area (Å²) < 4.78 is 0.942. The van der Waals surface area contributed by atoms with Gasteiger partial charge in [0.25, 0.3) is 5.56 Å². The normalized spacial score (nSPS) is 19.2. The minimum Gasteiger partial charge on any atom is -0.481 e. The first-order valence-electron chi connectivity index (χ1n) is 14.3. The number of aromatic amines is 1. The van der Waals surface area contributed by atoms with Crippen molar-refractivity contribution >= 4 is 28.7 Å². The molecule has 0 aliphatic heterocycles. The first-order valence-corrected chi connectivity index (χ1v) is 14.3. The van der Waals surface area contributed by atoms with Crippen LogP contribution in [0, 0.1) is 17.8 Å². The number of nitrogens with zero attached hydrogens (tertiary/aromatic N) is 1. The van der Waals surface area contributed by atoms with Crippen LogP contribution in [-0.2, 0) is 20.8 Å². The van der Waals surface area contributed by atoms with E-state index in [1.807, 2.05) is 44.2 Å². The van der Waals surface area contributed by atoms with E-state index in [2.05, 4.69) is 15.6 Å². The molecule has 1 saturated carbocycles. The van der Waals surface area contributed by atoms with Crippen molar-refractivity contribution in [2.24, 2.45) is 17.8 Å². The number of rotatable bonds is 11. The predicted molar refractivity (Wildman–Crippen MR) is 155 cm³/mol. The number of para-hydroxylation sites is 1. The highest BCUT2D eigenvalue weighted by atomic mass is 16.4. The van der Waals surface area contributed by atoms with Crippen molar-refractivity contribution in [2.75, 3.05) is 6.54 Å². The highest BCUT2D eigenvalue weighted by Gasteiger charge is 2.33. The second-order valence-corrected chi connectivity index (χ2v) is 11.0. The maximum atomic E-state index is 13.9. The molecule has 0 spiro atoms. The first kappa shape index (κ1) is 29.8. The molecule has 1 aromatic heterocycles. The van der Waals surface area contributed by atoms with Crippen LogP contribution in [0.2, 0.25) is 0 Å². The van der Waals surface area contributed by atoms with Gasteiger partial charge in [0, 0.05) is 13.0 Å². The first-order chi connectivity index (χ1) is 19.7. The maximum Gasteiger partial charge on any atom is 0.329 e. The minimum absolute atomic E-state index is 0.0790. The van der Waals surface area contributed by atoms with Gasteiger partial charge in [-0.15, -0.1) is 0 Å². The van der Waals surface area contributed by atoms with Gasteiger partial charge in [0.2, 0.25) is 11.8 Å². The number of H-pyrrole nitrogens is 1. The zero-order valence-electron chi connectivity index (χ0n) is 23.5. The Morgan fingerprint density at radius 1 is 0.976 bits per heavy atom. The number of amides is 2. The average molecular weight is 563 g/mol. The molecule has 4 N–H and O–H groups in total. The number of hydrogen-bond acceptors (Lipinski definition) is 5. The van der Waals surface area contributed by atoms with Gasteiger partial charge in [-0.2, -0.15) is 0 Å². The summed E-state index contributed by atoms with van der Waals surface area (Å²) in [5.74, 6) is -2.10. The standard InChI is InChI=1S/C31H38N4O6/c1-3-19(2)26(28(37)32-18-21-13-15-22(16-14-21)30(39)40)34-27(36)25(17-20-9-5-4-6-10-20)35-29(38)23-11-7-8-12-24(23)33-31(35)41/h4-12,19,21-22,25-26H,3,13-18H2,1-2H3,(H,32,37)(H,33,41)(H,34,36)(H,39,40)/t19?,21?,22?,25-,26+/m1/s1. The van der Waals surface area contributed by atoms with Crippen molar-refractivity contribution in [3.63, 3.8) is 0 Å². The molecule has 1 unspecified atom stereocenters. The van der Waals surface area contributed by atoms with Crippen LogP contribution in [0.15, 0.2) is 64.2 Å². The zero-order chi connectivity index (χ0) is 29.5. The molecule has 218 valence electrons. The van der Waals surface area contributed by atoms with Crippen LogP contribution in [0.4, 0.5) is 0 Å². The van der Waals surface area contributed by atoms with Gasteiger partial charge >= 0.3 is 11.7 Å². The molecule has 0 bridgehead atoms. The number of carboxylic acids is 1. The Balaban J connectivity index is 1.57. The minimum atomic E-state index is -1.19. The Labute approximate surface area is 238 Å². The number of carbonyl (C=O) groups is 3. The van der Waals surface area contributed by atoms with Crippen LogP contribution < -0.4 is 21.9 Å². The number of aromatic nitrogens is 2. The molecule has 1 aliphatic rings. The third-order valence-electron chi connectivity index (χ3n) is 8.28. The molecule has 2 amide bonds. The molecule has 1 fully saturated rings. The maximum absolute atomic E-state index is 13.9. The third-order valence-corrected chi connectivity index (χ3v) is 8.28. The van der Waals surface area contributed by atoms with E-state index in [1.54, 1.807) is 24.3 Å². The molecular formula is C31H38N4O6. The van der Waals surface area contributed by atoms with Crippen LogP contribution in [0.1, 0.15) is 57.6 Å². The molecule has 3 aromatic rings. The van der Waals surface area contributed by atoms with Crippen LogP contribution in [-0.4, -0.2) is 45.0 Å². The highest BCUT2D eigenvalue weighted by Crippen LogP contribution is 2.28. The Kier molecular flexibility index (Phi) is 9.75. The van der Waals surface area contributed by atoms with Gasteiger partial charge in [-0.3, -0.25) is 19.2 Å². The largest absolute Gasteiger partial charge is 0.481 e. The van der Waals surface area contributed by atoms with E-state index in [9.17, 15) is 29.1 Å². The molecule has 10 nitrogen and oxygen atoms in total. The van der Waals surface area contributed by atoms with Crippen molar-refractivity contribution in [3.05, 3.63) is 81.0 Å². The third kappa shape index (κ3) is 7.11. The summed E-state index contributed by atoms with van der Waals surface area (Å²) in [5.41, 5.74) is -0.145. The SMILES string of the molecule is CCC(C)[C@H](NC(=O)[C@@H](Cc1ccccc1)n1c(=O)[nH]c2ccccc2c1=O)C(=O)NCC1CCC(C(=O)O)CC1. The summed E-state index contributed by atoms with van der Waals surface area (Å²) in [7, 11) is 0. The summed E-state index contributed by atoms with van der Waals surface area (Å²) in [6.07, 6.45) is 3.28. The summed E-state index contributed by atoms with van der Waals surface area (Å²) in [4.78, 5) is 67.8. The number of aliphatic carboxylic acids is 1. The number of carbonyl (C=O) groups excluding carboxylic acids is 2. The zero-order valence-corrected chi connectivity index (χ0v) is 23.5. The summed E-state index contributed by atoms with van der Waals surface area (Å²) in [6, 6.07) is 13.7. The lowest BCUT2D eigenvalue weighted by Crippen LogP contribution is -2.54. The molecule has 41 heavy (non-hydrogen) atoms. The number of carboxylic acid groups (broad SMARTS) is 1. The summed E-state index contributed by atoms with van der Waals surface area (Å²) >= 11 is 0. The van der Waals surface area contributed by atoms with Gasteiger partial charge < -0.3 is 20.7 Å². The van der Waals surface area contributed by atoms with E-state index >= 15 is 0 Å². The van der Waals surface area contributed by atoms with Crippen LogP contribution in [0.5, 0.6) is 0 Å². The van der Waals surface area contributed by atoms with Crippen molar-refractivity contribution < 1.29 is 19.5 Å². The van der Waals surface area contributed by atoms with E-state index in [-0.39, 0.29) is 35.5 Å². The van der Waals surface area contributed by atoms with E-state index in [0.717, 1.165) is 10.1 Å². The quantitative estimate of drug-likeness (QED) is 0.282. The molecule has 10 heteroatoms. The van der Waals surface area contributed by atoms with Crippen molar-refractivity contribution in [1.29, 1.82) is 0 Å². The Morgan fingerprint density at radius 2 is 1.63 bits per heavy atom. The van der Waals surface area contributed by atoms with Gasteiger partial charge in [-0.05, 0) is 55.2 Å². The van der Waals surface area contributed by atoms with E-state index in [1.165, 1.54) is 0 Å². The van der Waals surface area contributed by atoms with Gasteiger partial charge in [-0.1, -0.05) is 62.7 Å². The number of benzene rings is 2. The highest BCUT2D eigenvalue weighted by molar-refractivity contribution is 5.89. The van der Waals surface area contributed by atoms with Gasteiger partial charge in [0.1, 0.15) is 12.1 Å². The topological polar surface area (TPSA) is 150 Å². The van der Waals surface area contributed by atoms with Gasteiger partial charge in [0.15, 0.2) is 0 Å². The van der Waals surface area contributed by atoms with E-state index in [4.69, 9.17) is 0 Å². The second kappa shape index (κ2) is 13.4. The molecule has 4 rings (SSSR count). The predicted octanol–water partition coefficient (Wildman–Crippen LogP) is 3.01. The lowest BCUT2D eigenvalue weighted by molar-refractivity contribution is -0.143. The Morgan fingerprint density at radius 3 is 2.29 bits per heavy atom. The molecule has 1 heterocycles. The van der Waals surface area contributed by atoms with Crippen molar-refractivity contribution in [1.82, 2.24) is 20.2 Å². The molecule has 1 aliphatic carbocycles. The number of nitrogens with one attached hydrogen (secondary N) is 3. The van der Waals surface area contributed by atoms with E-state index < -0.39 is 35.2 Å². The summed E-state index contributed by atoms with van der Waals surface area (Å²) in [6.45, 7) is 4.18. The fraction of sp³-hybridized carbons (Fsp3) is 0.452. The monoisotopic (exact) mass is 562 g/mol. The second-order valence-electron chi connectivity index (χ2n) is 11.0. The van der Waals surface area contributed by atoms with E-state index in [0.29, 0.717) is 44.2 Å². The molecule has 2 aromatic carbocycles. The molecule has 0 radical (unpaired) electrons.